The fourth-order valence-corrected chi connectivity index (χ4v) is 2.30. The van der Waals surface area contributed by atoms with Gasteiger partial charge in [0, 0.05) is 18.5 Å². The maximum atomic E-state index is 5.36. The first-order valence-corrected chi connectivity index (χ1v) is 6.95. The Bertz CT molecular complexity index is 606. The highest BCUT2D eigenvalue weighted by Gasteiger charge is 2.23. The molecule has 0 spiro atoms. The Kier molecular flexibility index (Phi) is 4.42. The third-order valence-electron chi connectivity index (χ3n) is 3.38. The zero-order valence-corrected chi connectivity index (χ0v) is 13.4. The summed E-state index contributed by atoms with van der Waals surface area (Å²) in [4.78, 5) is 6.79. The minimum absolute atomic E-state index is 0. The number of benzene rings is 1. The Morgan fingerprint density at radius 1 is 1.29 bits per heavy atom. The largest absolute Gasteiger partial charge is 0.382 e. The fraction of sp³-hybridized carbons (Fsp3) is 0.467. The number of nitrogens with zero attached hydrogens (tertiary/aromatic N) is 3. The molecule has 5 nitrogen and oxygen atoms in total. The minimum atomic E-state index is -0.105. The average Bonchev–Trinajstić information content (AvgIpc) is 2.88. The van der Waals surface area contributed by atoms with Crippen LogP contribution < -0.4 is 10.2 Å². The SMILES string of the molecule is CC(C)(C)c1nc(CN2CCNc3ccccc32)no1.Cl. The van der Waals surface area contributed by atoms with E-state index in [2.05, 4.69) is 59.3 Å². The molecule has 0 radical (unpaired) electrons. The third kappa shape index (κ3) is 3.29. The van der Waals surface area contributed by atoms with E-state index in [1.807, 2.05) is 6.07 Å². The second-order valence-electron chi connectivity index (χ2n) is 6.13. The highest BCUT2D eigenvalue weighted by Crippen LogP contribution is 2.29. The Morgan fingerprint density at radius 2 is 2.05 bits per heavy atom. The van der Waals surface area contributed by atoms with E-state index >= 15 is 0 Å². The number of hydrogen-bond acceptors (Lipinski definition) is 5. The second kappa shape index (κ2) is 5.93. The van der Waals surface area contributed by atoms with Crippen LogP contribution in [0.3, 0.4) is 0 Å². The molecule has 0 bridgehead atoms. The number of para-hydroxylation sites is 2. The highest BCUT2D eigenvalue weighted by molar-refractivity contribution is 5.85. The van der Waals surface area contributed by atoms with Crippen LogP contribution in [-0.2, 0) is 12.0 Å². The zero-order chi connectivity index (χ0) is 14.2. The standard InChI is InChI=1S/C15H20N4O.ClH/c1-15(2,3)14-17-13(18-20-14)10-19-9-8-16-11-6-4-5-7-12(11)19;/h4-7,16H,8-10H2,1-3H3;1H. The van der Waals surface area contributed by atoms with Gasteiger partial charge in [-0.3, -0.25) is 0 Å². The molecule has 114 valence electrons. The molecule has 0 aliphatic carbocycles. The first-order chi connectivity index (χ1) is 9.54. The van der Waals surface area contributed by atoms with E-state index in [4.69, 9.17) is 4.52 Å². The molecule has 1 aliphatic rings. The quantitative estimate of drug-likeness (QED) is 0.923. The lowest BCUT2D eigenvalue weighted by Gasteiger charge is -2.30. The smallest absolute Gasteiger partial charge is 0.232 e. The Morgan fingerprint density at radius 3 is 2.76 bits per heavy atom. The lowest BCUT2D eigenvalue weighted by Crippen LogP contribution is -2.33. The van der Waals surface area contributed by atoms with E-state index in [9.17, 15) is 0 Å². The molecule has 0 amide bonds. The monoisotopic (exact) mass is 308 g/mol. The summed E-state index contributed by atoms with van der Waals surface area (Å²) in [7, 11) is 0. The summed E-state index contributed by atoms with van der Waals surface area (Å²) in [5, 5.41) is 7.50. The van der Waals surface area contributed by atoms with E-state index in [-0.39, 0.29) is 17.8 Å². The molecular formula is C15H21ClN4O. The molecule has 1 N–H and O–H groups in total. The van der Waals surface area contributed by atoms with Crippen LogP contribution in [0.4, 0.5) is 11.4 Å². The van der Waals surface area contributed by atoms with Crippen molar-refractivity contribution in [1.29, 1.82) is 0 Å². The molecule has 2 aromatic rings. The summed E-state index contributed by atoms with van der Waals surface area (Å²) in [5.74, 6) is 1.43. The van der Waals surface area contributed by atoms with Crippen molar-refractivity contribution >= 4 is 23.8 Å². The second-order valence-corrected chi connectivity index (χ2v) is 6.13. The molecule has 0 atom stereocenters. The van der Waals surface area contributed by atoms with Crippen molar-refractivity contribution in [3.63, 3.8) is 0 Å². The maximum absolute atomic E-state index is 5.36. The van der Waals surface area contributed by atoms with E-state index in [1.54, 1.807) is 0 Å². The molecular weight excluding hydrogens is 288 g/mol. The molecule has 0 fully saturated rings. The third-order valence-corrected chi connectivity index (χ3v) is 3.38. The van der Waals surface area contributed by atoms with Gasteiger partial charge in [-0.2, -0.15) is 4.98 Å². The molecule has 3 rings (SSSR count). The molecule has 0 saturated heterocycles. The van der Waals surface area contributed by atoms with E-state index in [1.165, 1.54) is 11.4 Å². The van der Waals surface area contributed by atoms with Gasteiger partial charge in [0.15, 0.2) is 5.82 Å². The predicted octanol–water partition coefficient (Wildman–Crippen LogP) is 3.22. The number of halogens is 1. The van der Waals surface area contributed by atoms with Crippen molar-refractivity contribution in [3.05, 3.63) is 36.0 Å². The number of hydrogen-bond donors (Lipinski definition) is 1. The maximum Gasteiger partial charge on any atom is 0.232 e. The van der Waals surface area contributed by atoms with Crippen LogP contribution >= 0.6 is 12.4 Å². The van der Waals surface area contributed by atoms with Crippen LogP contribution in [0.5, 0.6) is 0 Å². The van der Waals surface area contributed by atoms with E-state index < -0.39 is 0 Å². The van der Waals surface area contributed by atoms with Crippen LogP contribution in [0.15, 0.2) is 28.8 Å². The van der Waals surface area contributed by atoms with Crippen molar-refractivity contribution in [2.45, 2.75) is 32.7 Å². The predicted molar refractivity (Wildman–Crippen MR) is 86.2 cm³/mol. The first kappa shape index (κ1) is 15.6. The molecule has 1 aliphatic heterocycles. The Labute approximate surface area is 131 Å². The lowest BCUT2D eigenvalue weighted by atomic mass is 9.97. The first-order valence-electron chi connectivity index (χ1n) is 6.95. The van der Waals surface area contributed by atoms with Crippen molar-refractivity contribution in [2.75, 3.05) is 23.3 Å². The van der Waals surface area contributed by atoms with Gasteiger partial charge in [-0.1, -0.05) is 38.1 Å². The summed E-state index contributed by atoms with van der Waals surface area (Å²) >= 11 is 0. The van der Waals surface area contributed by atoms with Gasteiger partial charge in [0.25, 0.3) is 0 Å². The molecule has 2 heterocycles. The Balaban J connectivity index is 0.00000161. The van der Waals surface area contributed by atoms with Crippen LogP contribution in [0.2, 0.25) is 0 Å². The van der Waals surface area contributed by atoms with Gasteiger partial charge >= 0.3 is 0 Å². The van der Waals surface area contributed by atoms with Gasteiger partial charge in [0.05, 0.1) is 17.9 Å². The van der Waals surface area contributed by atoms with Crippen LogP contribution in [0.1, 0.15) is 32.5 Å². The summed E-state index contributed by atoms with van der Waals surface area (Å²) < 4.78 is 5.36. The number of anilines is 2. The van der Waals surface area contributed by atoms with Crippen LogP contribution in [-0.4, -0.2) is 23.2 Å². The topological polar surface area (TPSA) is 54.2 Å². The average molecular weight is 309 g/mol. The summed E-state index contributed by atoms with van der Waals surface area (Å²) in [5.41, 5.74) is 2.26. The molecule has 0 unspecified atom stereocenters. The normalized spacial score (nSPS) is 14.1. The molecule has 1 aromatic heterocycles. The molecule has 0 saturated carbocycles. The van der Waals surface area contributed by atoms with Crippen LogP contribution in [0, 0.1) is 0 Å². The van der Waals surface area contributed by atoms with Crippen molar-refractivity contribution < 1.29 is 4.52 Å². The summed E-state index contributed by atoms with van der Waals surface area (Å²) in [6, 6.07) is 8.31. The number of rotatable bonds is 2. The molecule has 21 heavy (non-hydrogen) atoms. The summed E-state index contributed by atoms with van der Waals surface area (Å²) in [6.45, 7) is 8.77. The van der Waals surface area contributed by atoms with Gasteiger partial charge < -0.3 is 14.7 Å². The van der Waals surface area contributed by atoms with Gasteiger partial charge in [0.1, 0.15) is 0 Å². The van der Waals surface area contributed by atoms with Gasteiger partial charge in [-0.05, 0) is 12.1 Å². The fourth-order valence-electron chi connectivity index (χ4n) is 2.30. The highest BCUT2D eigenvalue weighted by atomic mass is 35.5. The van der Waals surface area contributed by atoms with Crippen molar-refractivity contribution in [2.24, 2.45) is 0 Å². The van der Waals surface area contributed by atoms with Gasteiger partial charge in [-0.25, -0.2) is 0 Å². The number of fused-ring (bicyclic) bond motifs is 1. The number of nitrogens with one attached hydrogen (secondary N) is 1. The zero-order valence-electron chi connectivity index (χ0n) is 12.6. The van der Waals surface area contributed by atoms with E-state index in [0.717, 1.165) is 18.9 Å². The summed E-state index contributed by atoms with van der Waals surface area (Å²) in [6.07, 6.45) is 0. The number of aromatic nitrogens is 2. The van der Waals surface area contributed by atoms with Gasteiger partial charge in [-0.15, -0.1) is 12.4 Å². The van der Waals surface area contributed by atoms with E-state index in [0.29, 0.717) is 12.4 Å². The molecule has 1 aromatic carbocycles. The van der Waals surface area contributed by atoms with Crippen LogP contribution in [0.25, 0.3) is 0 Å². The minimum Gasteiger partial charge on any atom is -0.382 e. The lowest BCUT2D eigenvalue weighted by molar-refractivity contribution is 0.318. The Hall–Kier alpha value is -1.75. The van der Waals surface area contributed by atoms with Gasteiger partial charge in [0.2, 0.25) is 5.89 Å². The molecule has 6 heteroatoms. The van der Waals surface area contributed by atoms with Crippen molar-refractivity contribution in [1.82, 2.24) is 10.1 Å². The van der Waals surface area contributed by atoms with Crippen molar-refractivity contribution in [3.8, 4) is 0 Å².